The summed E-state index contributed by atoms with van der Waals surface area (Å²) in [7, 11) is 0. The van der Waals surface area contributed by atoms with Crippen molar-refractivity contribution in [3.8, 4) is 0 Å². The minimum atomic E-state index is -0.903. The topological polar surface area (TPSA) is 87.7 Å². The molecule has 0 saturated carbocycles. The molecule has 2 rings (SSSR count). The maximum atomic E-state index is 14.2. The molecule has 7 heteroatoms. The van der Waals surface area contributed by atoms with Crippen LogP contribution in [0.3, 0.4) is 0 Å². The number of carbonyl (C=O) groups is 3. The van der Waals surface area contributed by atoms with Crippen molar-refractivity contribution < 1.29 is 19.1 Å². The van der Waals surface area contributed by atoms with Crippen LogP contribution in [0.1, 0.15) is 89.6 Å². The number of para-hydroxylation sites is 1. The number of rotatable bonds is 10. The predicted molar refractivity (Wildman–Crippen MR) is 158 cm³/mol. The maximum Gasteiger partial charge on any atom is 0.408 e. The standard InChI is InChI=1S/C32H47N3O4/c1-20(2)18-19-24(6)35(30(37)25(7)33-31(38)39-32(8,9)10)28(27-22(4)15-13-16-23(27)5)29(36)34-26-17-12-11-14-21(26)3/h11-17,20,24-25,28H,18-19H2,1-10H3,(H,33,38)(H,34,36). The number of carbonyl (C=O) groups excluding carboxylic acids is 3. The summed E-state index contributed by atoms with van der Waals surface area (Å²) in [5, 5.41) is 5.77. The summed E-state index contributed by atoms with van der Waals surface area (Å²) in [6.07, 6.45) is 0.922. The highest BCUT2D eigenvalue weighted by Gasteiger charge is 2.39. The number of amides is 3. The Balaban J connectivity index is 2.60. The van der Waals surface area contributed by atoms with E-state index >= 15 is 0 Å². The van der Waals surface area contributed by atoms with E-state index in [0.29, 0.717) is 18.0 Å². The first kappa shape index (κ1) is 31.9. The first-order valence-corrected chi connectivity index (χ1v) is 13.9. The van der Waals surface area contributed by atoms with Gasteiger partial charge in [0.1, 0.15) is 17.7 Å². The van der Waals surface area contributed by atoms with Gasteiger partial charge in [0.05, 0.1) is 0 Å². The summed E-state index contributed by atoms with van der Waals surface area (Å²) in [6, 6.07) is 11.4. The SMILES string of the molecule is Cc1ccccc1NC(=O)C(c1c(C)cccc1C)N(C(=O)C(C)NC(=O)OC(C)(C)C)C(C)CCC(C)C. The van der Waals surface area contributed by atoms with Crippen molar-refractivity contribution >= 4 is 23.6 Å². The van der Waals surface area contributed by atoms with Crippen molar-refractivity contribution in [2.75, 3.05) is 5.32 Å². The van der Waals surface area contributed by atoms with Crippen molar-refractivity contribution in [3.05, 3.63) is 64.7 Å². The fourth-order valence-corrected chi connectivity index (χ4v) is 4.65. The number of aryl methyl sites for hydroxylation is 3. The second-order valence-electron chi connectivity index (χ2n) is 11.9. The third-order valence-electron chi connectivity index (χ3n) is 6.74. The average Bonchev–Trinajstić information content (AvgIpc) is 2.81. The van der Waals surface area contributed by atoms with Crippen LogP contribution in [0, 0.1) is 26.7 Å². The molecule has 0 fully saturated rings. The van der Waals surface area contributed by atoms with Crippen LogP contribution in [-0.4, -0.2) is 40.5 Å². The Bertz CT molecular complexity index is 1130. The lowest BCUT2D eigenvalue weighted by atomic mass is 9.91. The summed E-state index contributed by atoms with van der Waals surface area (Å²) in [5.41, 5.74) is 3.55. The molecule has 0 aliphatic rings. The van der Waals surface area contributed by atoms with Crippen LogP contribution in [0.15, 0.2) is 42.5 Å². The van der Waals surface area contributed by atoms with Gasteiger partial charge >= 0.3 is 6.09 Å². The lowest BCUT2D eigenvalue weighted by Crippen LogP contribution is -2.54. The lowest BCUT2D eigenvalue weighted by Gasteiger charge is -2.39. The molecular weight excluding hydrogens is 490 g/mol. The van der Waals surface area contributed by atoms with E-state index in [1.54, 1.807) is 32.6 Å². The Morgan fingerprint density at radius 1 is 0.846 bits per heavy atom. The third-order valence-corrected chi connectivity index (χ3v) is 6.74. The number of nitrogens with zero attached hydrogens (tertiary/aromatic N) is 1. The Labute approximate surface area is 234 Å². The Hall–Kier alpha value is -3.35. The van der Waals surface area contributed by atoms with Crippen LogP contribution in [0.4, 0.5) is 10.5 Å². The van der Waals surface area contributed by atoms with Crippen molar-refractivity contribution in [1.82, 2.24) is 10.2 Å². The summed E-state index contributed by atoms with van der Waals surface area (Å²) in [5.74, 6) is -0.207. The molecule has 3 amide bonds. The molecule has 3 unspecified atom stereocenters. The molecule has 7 nitrogen and oxygen atoms in total. The molecule has 0 aliphatic heterocycles. The number of hydrogen-bond donors (Lipinski definition) is 2. The molecule has 0 spiro atoms. The van der Waals surface area contributed by atoms with Crippen LogP contribution < -0.4 is 10.6 Å². The molecule has 0 radical (unpaired) electrons. The number of benzene rings is 2. The zero-order valence-corrected chi connectivity index (χ0v) is 25.3. The minimum Gasteiger partial charge on any atom is -0.444 e. The van der Waals surface area contributed by atoms with Crippen LogP contribution >= 0.6 is 0 Å². The zero-order valence-electron chi connectivity index (χ0n) is 25.3. The van der Waals surface area contributed by atoms with Gasteiger partial charge in [0.2, 0.25) is 5.91 Å². The van der Waals surface area contributed by atoms with Crippen molar-refractivity contribution in [2.45, 2.75) is 106 Å². The number of alkyl carbamates (subject to hydrolysis) is 1. The van der Waals surface area contributed by atoms with Crippen LogP contribution in [0.5, 0.6) is 0 Å². The maximum absolute atomic E-state index is 14.2. The van der Waals surface area contributed by atoms with E-state index in [9.17, 15) is 14.4 Å². The van der Waals surface area contributed by atoms with Crippen molar-refractivity contribution in [3.63, 3.8) is 0 Å². The first-order valence-electron chi connectivity index (χ1n) is 13.9. The Morgan fingerprint density at radius 2 is 1.41 bits per heavy atom. The summed E-state index contributed by atoms with van der Waals surface area (Å²) >= 11 is 0. The van der Waals surface area contributed by atoms with Gasteiger partial charge in [-0.2, -0.15) is 0 Å². The molecular formula is C32H47N3O4. The Morgan fingerprint density at radius 3 is 1.95 bits per heavy atom. The fourth-order valence-electron chi connectivity index (χ4n) is 4.65. The molecule has 2 aromatic carbocycles. The lowest BCUT2D eigenvalue weighted by molar-refractivity contribution is -0.143. The van der Waals surface area contributed by atoms with E-state index in [-0.39, 0.29) is 17.9 Å². The average molecular weight is 538 g/mol. The highest BCUT2D eigenvalue weighted by molar-refractivity contribution is 5.99. The van der Waals surface area contributed by atoms with E-state index in [4.69, 9.17) is 4.74 Å². The largest absolute Gasteiger partial charge is 0.444 e. The second-order valence-corrected chi connectivity index (χ2v) is 11.9. The molecule has 3 atom stereocenters. The molecule has 39 heavy (non-hydrogen) atoms. The van der Waals surface area contributed by atoms with Gasteiger partial charge in [-0.05, 0) is 102 Å². The molecule has 0 bridgehead atoms. The number of hydrogen-bond acceptors (Lipinski definition) is 4. The number of ether oxygens (including phenoxy) is 1. The normalized spacial score (nSPS) is 13.8. The highest BCUT2D eigenvalue weighted by atomic mass is 16.6. The van der Waals surface area contributed by atoms with Crippen LogP contribution in [0.2, 0.25) is 0 Å². The van der Waals surface area contributed by atoms with E-state index in [0.717, 1.165) is 28.7 Å². The molecule has 0 saturated heterocycles. The van der Waals surface area contributed by atoms with Gasteiger partial charge < -0.3 is 20.3 Å². The molecule has 214 valence electrons. The predicted octanol–water partition coefficient (Wildman–Crippen LogP) is 6.86. The fraction of sp³-hybridized carbons (Fsp3) is 0.531. The number of nitrogens with one attached hydrogen (secondary N) is 2. The molecule has 0 heterocycles. The van der Waals surface area contributed by atoms with Gasteiger partial charge in [0, 0.05) is 11.7 Å². The zero-order chi connectivity index (χ0) is 29.5. The third kappa shape index (κ3) is 9.12. The second kappa shape index (κ2) is 13.6. The van der Waals surface area contributed by atoms with E-state index in [1.165, 1.54) is 0 Å². The smallest absolute Gasteiger partial charge is 0.408 e. The summed E-state index contributed by atoms with van der Waals surface area (Å²) in [4.78, 5) is 42.6. The number of anilines is 1. The van der Waals surface area contributed by atoms with Gasteiger partial charge in [0.25, 0.3) is 5.91 Å². The molecule has 0 aromatic heterocycles. The highest BCUT2D eigenvalue weighted by Crippen LogP contribution is 2.33. The van der Waals surface area contributed by atoms with Gasteiger partial charge in [-0.1, -0.05) is 50.2 Å². The van der Waals surface area contributed by atoms with Gasteiger partial charge in [0.15, 0.2) is 0 Å². The van der Waals surface area contributed by atoms with Crippen molar-refractivity contribution in [2.24, 2.45) is 5.92 Å². The van der Waals surface area contributed by atoms with Gasteiger partial charge in [-0.15, -0.1) is 0 Å². The van der Waals surface area contributed by atoms with Crippen LogP contribution in [-0.2, 0) is 14.3 Å². The molecule has 2 N–H and O–H groups in total. The minimum absolute atomic E-state index is 0.269. The van der Waals surface area contributed by atoms with Crippen LogP contribution in [0.25, 0.3) is 0 Å². The first-order chi connectivity index (χ1) is 18.1. The van der Waals surface area contributed by atoms with E-state index < -0.39 is 23.8 Å². The molecule has 0 aliphatic carbocycles. The molecule has 2 aromatic rings. The summed E-state index contributed by atoms with van der Waals surface area (Å²) < 4.78 is 5.40. The van der Waals surface area contributed by atoms with E-state index in [1.807, 2.05) is 70.2 Å². The van der Waals surface area contributed by atoms with Gasteiger partial charge in [-0.25, -0.2) is 4.79 Å². The monoisotopic (exact) mass is 537 g/mol. The van der Waals surface area contributed by atoms with E-state index in [2.05, 4.69) is 24.5 Å². The van der Waals surface area contributed by atoms with Gasteiger partial charge in [-0.3, -0.25) is 9.59 Å². The quantitative estimate of drug-likeness (QED) is 0.347. The van der Waals surface area contributed by atoms with Crippen molar-refractivity contribution in [1.29, 1.82) is 0 Å². The Kier molecular flexibility index (Phi) is 11.1. The summed E-state index contributed by atoms with van der Waals surface area (Å²) in [6.45, 7) is 19.0.